The lowest BCUT2D eigenvalue weighted by Gasteiger charge is -2.28. The van der Waals surface area contributed by atoms with Crippen molar-refractivity contribution >= 4 is 9.84 Å². The zero-order valence-electron chi connectivity index (χ0n) is 10.3. The van der Waals surface area contributed by atoms with E-state index in [0.29, 0.717) is 6.42 Å². The first kappa shape index (κ1) is 13.1. The molecule has 0 amide bonds. The Kier molecular flexibility index (Phi) is 4.26. The average molecular weight is 258 g/mol. The van der Waals surface area contributed by atoms with E-state index in [0.717, 1.165) is 44.1 Å². The van der Waals surface area contributed by atoms with Gasteiger partial charge in [0.1, 0.15) is 0 Å². The standard InChI is InChI=1S/C13H22O3S/c14-13(11-7-3-1-2-4-8-11)12-9-5-6-10-17(12,15)16/h7,12-14H,1-6,8-10H2. The molecule has 1 saturated heterocycles. The van der Waals surface area contributed by atoms with Crippen LogP contribution in [-0.2, 0) is 9.84 Å². The van der Waals surface area contributed by atoms with Gasteiger partial charge >= 0.3 is 0 Å². The lowest BCUT2D eigenvalue weighted by atomic mass is 9.98. The van der Waals surface area contributed by atoms with E-state index in [2.05, 4.69) is 6.08 Å². The van der Waals surface area contributed by atoms with Crippen molar-refractivity contribution in [2.24, 2.45) is 0 Å². The summed E-state index contributed by atoms with van der Waals surface area (Å²) in [7, 11) is -3.07. The maximum atomic E-state index is 12.0. The van der Waals surface area contributed by atoms with E-state index in [1.54, 1.807) is 0 Å². The Hall–Kier alpha value is -0.350. The van der Waals surface area contributed by atoms with E-state index >= 15 is 0 Å². The van der Waals surface area contributed by atoms with E-state index in [9.17, 15) is 13.5 Å². The van der Waals surface area contributed by atoms with Gasteiger partial charge < -0.3 is 5.11 Å². The molecule has 0 spiro atoms. The van der Waals surface area contributed by atoms with Crippen LogP contribution in [0.25, 0.3) is 0 Å². The number of rotatable bonds is 2. The smallest absolute Gasteiger partial charge is 0.156 e. The van der Waals surface area contributed by atoms with Crippen LogP contribution in [0.3, 0.4) is 0 Å². The molecule has 2 rings (SSSR count). The molecule has 1 N–H and O–H groups in total. The number of aliphatic hydroxyl groups is 1. The summed E-state index contributed by atoms with van der Waals surface area (Å²) in [5.41, 5.74) is 0.970. The monoisotopic (exact) mass is 258 g/mol. The molecule has 2 aliphatic rings. The van der Waals surface area contributed by atoms with Gasteiger partial charge in [0.15, 0.2) is 9.84 Å². The van der Waals surface area contributed by atoms with Crippen molar-refractivity contribution in [3.63, 3.8) is 0 Å². The summed E-state index contributed by atoms with van der Waals surface area (Å²) in [6, 6.07) is 0. The Labute approximate surface area is 104 Å². The van der Waals surface area contributed by atoms with Gasteiger partial charge in [0.25, 0.3) is 0 Å². The molecule has 0 radical (unpaired) electrons. The van der Waals surface area contributed by atoms with Crippen LogP contribution < -0.4 is 0 Å². The minimum Gasteiger partial charge on any atom is -0.387 e. The van der Waals surface area contributed by atoms with Crippen LogP contribution in [0.15, 0.2) is 11.6 Å². The fourth-order valence-corrected chi connectivity index (χ4v) is 4.88. The van der Waals surface area contributed by atoms with Gasteiger partial charge in [-0.1, -0.05) is 18.9 Å². The van der Waals surface area contributed by atoms with Crippen molar-refractivity contribution < 1.29 is 13.5 Å². The van der Waals surface area contributed by atoms with Crippen LogP contribution in [0, 0.1) is 0 Å². The van der Waals surface area contributed by atoms with E-state index in [1.807, 2.05) is 0 Å². The minimum absolute atomic E-state index is 0.252. The predicted octanol–water partition coefficient (Wildman–Crippen LogP) is 2.21. The molecule has 1 fully saturated rings. The third-order valence-corrected chi connectivity index (χ3v) is 6.21. The zero-order chi connectivity index (χ0) is 12.3. The molecule has 1 heterocycles. The Morgan fingerprint density at radius 2 is 2.00 bits per heavy atom. The van der Waals surface area contributed by atoms with Crippen molar-refractivity contribution in [2.45, 2.75) is 62.7 Å². The van der Waals surface area contributed by atoms with Crippen LogP contribution in [0.2, 0.25) is 0 Å². The molecule has 1 aliphatic heterocycles. The number of aliphatic hydroxyl groups excluding tert-OH is 1. The van der Waals surface area contributed by atoms with Crippen LogP contribution in [-0.4, -0.2) is 30.6 Å². The van der Waals surface area contributed by atoms with Gasteiger partial charge in [-0.3, -0.25) is 0 Å². The second kappa shape index (κ2) is 5.53. The third kappa shape index (κ3) is 3.10. The molecule has 0 aromatic heterocycles. The number of allylic oxidation sites excluding steroid dienone is 1. The number of hydrogen-bond donors (Lipinski definition) is 1. The summed E-state index contributed by atoms with van der Waals surface area (Å²) in [4.78, 5) is 0. The lowest BCUT2D eigenvalue weighted by Crippen LogP contribution is -2.39. The molecule has 0 aromatic carbocycles. The van der Waals surface area contributed by atoms with Gasteiger partial charge in [-0.25, -0.2) is 8.42 Å². The molecule has 0 saturated carbocycles. The van der Waals surface area contributed by atoms with Gasteiger partial charge in [-0.15, -0.1) is 0 Å². The highest BCUT2D eigenvalue weighted by Crippen LogP contribution is 2.29. The second-order valence-corrected chi connectivity index (χ2v) is 7.56. The second-order valence-electron chi connectivity index (χ2n) is 5.22. The Morgan fingerprint density at radius 3 is 2.76 bits per heavy atom. The van der Waals surface area contributed by atoms with E-state index in [4.69, 9.17) is 0 Å². The fraction of sp³-hybridized carbons (Fsp3) is 0.846. The quantitative estimate of drug-likeness (QED) is 0.773. The SMILES string of the molecule is O=S1(=O)CCCCC1C(O)C1=CCCCCC1. The summed E-state index contributed by atoms with van der Waals surface area (Å²) in [5, 5.41) is 9.77. The third-order valence-electron chi connectivity index (χ3n) is 3.94. The van der Waals surface area contributed by atoms with Gasteiger partial charge in [0.2, 0.25) is 0 Å². The largest absolute Gasteiger partial charge is 0.387 e. The topological polar surface area (TPSA) is 54.4 Å². The van der Waals surface area contributed by atoms with Crippen LogP contribution >= 0.6 is 0 Å². The highest BCUT2D eigenvalue weighted by Gasteiger charge is 2.36. The molecule has 4 heteroatoms. The summed E-state index contributed by atoms with van der Waals surface area (Å²) < 4.78 is 23.9. The van der Waals surface area contributed by atoms with Crippen LogP contribution in [0.5, 0.6) is 0 Å². The summed E-state index contributed by atoms with van der Waals surface area (Å²) in [6.07, 6.45) is 8.90. The van der Waals surface area contributed by atoms with E-state index in [-0.39, 0.29) is 5.75 Å². The molecule has 2 unspecified atom stereocenters. The molecular weight excluding hydrogens is 236 g/mol. The maximum absolute atomic E-state index is 12.0. The van der Waals surface area contributed by atoms with Crippen LogP contribution in [0.4, 0.5) is 0 Å². The van der Waals surface area contributed by atoms with Crippen molar-refractivity contribution in [1.29, 1.82) is 0 Å². The van der Waals surface area contributed by atoms with Crippen molar-refractivity contribution in [2.75, 3.05) is 5.75 Å². The molecule has 0 bridgehead atoms. The number of sulfone groups is 1. The normalized spacial score (nSPS) is 31.4. The molecule has 2 atom stereocenters. The first-order valence-corrected chi connectivity index (χ1v) is 8.41. The average Bonchev–Trinajstić information content (AvgIpc) is 2.56. The molecule has 1 aliphatic carbocycles. The summed E-state index contributed by atoms with van der Waals surface area (Å²) in [5.74, 6) is 0.252. The van der Waals surface area contributed by atoms with Gasteiger partial charge in [-0.05, 0) is 44.1 Å². The van der Waals surface area contributed by atoms with Crippen molar-refractivity contribution in [3.8, 4) is 0 Å². The summed E-state index contributed by atoms with van der Waals surface area (Å²) >= 11 is 0. The molecule has 0 aromatic rings. The minimum atomic E-state index is -3.07. The van der Waals surface area contributed by atoms with Crippen molar-refractivity contribution in [3.05, 3.63) is 11.6 Å². The highest BCUT2D eigenvalue weighted by molar-refractivity contribution is 7.92. The Morgan fingerprint density at radius 1 is 1.18 bits per heavy atom. The molecular formula is C13H22O3S. The Bertz CT molecular complexity index is 383. The molecule has 98 valence electrons. The van der Waals surface area contributed by atoms with Gasteiger partial charge in [0, 0.05) is 0 Å². The zero-order valence-corrected chi connectivity index (χ0v) is 11.1. The number of hydrogen-bond acceptors (Lipinski definition) is 3. The van der Waals surface area contributed by atoms with Gasteiger partial charge in [0.05, 0.1) is 17.1 Å². The fourth-order valence-electron chi connectivity index (χ4n) is 2.88. The first-order chi connectivity index (χ1) is 8.11. The molecule has 3 nitrogen and oxygen atoms in total. The van der Waals surface area contributed by atoms with E-state index in [1.165, 1.54) is 6.42 Å². The van der Waals surface area contributed by atoms with Crippen molar-refractivity contribution in [1.82, 2.24) is 0 Å². The lowest BCUT2D eigenvalue weighted by molar-refractivity contribution is 0.192. The van der Waals surface area contributed by atoms with Gasteiger partial charge in [-0.2, -0.15) is 0 Å². The summed E-state index contributed by atoms with van der Waals surface area (Å²) in [6.45, 7) is 0. The van der Waals surface area contributed by atoms with E-state index < -0.39 is 21.2 Å². The van der Waals surface area contributed by atoms with Crippen LogP contribution in [0.1, 0.15) is 51.4 Å². The highest BCUT2D eigenvalue weighted by atomic mass is 32.2. The Balaban J connectivity index is 2.12. The maximum Gasteiger partial charge on any atom is 0.156 e. The predicted molar refractivity (Wildman–Crippen MR) is 68.6 cm³/mol. The first-order valence-electron chi connectivity index (χ1n) is 6.70. The molecule has 17 heavy (non-hydrogen) atoms.